The van der Waals surface area contributed by atoms with Crippen LogP contribution in [0.3, 0.4) is 0 Å². The van der Waals surface area contributed by atoms with Crippen molar-refractivity contribution in [1.29, 1.82) is 0 Å². The van der Waals surface area contributed by atoms with Gasteiger partial charge in [-0.3, -0.25) is 4.79 Å². The molecule has 1 fully saturated rings. The van der Waals surface area contributed by atoms with Crippen LogP contribution in [-0.4, -0.2) is 31.6 Å². The lowest BCUT2D eigenvalue weighted by Crippen LogP contribution is -2.44. The summed E-state index contributed by atoms with van der Waals surface area (Å²) < 4.78 is 5.17. The van der Waals surface area contributed by atoms with Crippen LogP contribution in [0.4, 0.5) is 10.5 Å². The van der Waals surface area contributed by atoms with Gasteiger partial charge < -0.3 is 20.3 Å². The molecule has 3 amide bonds. The van der Waals surface area contributed by atoms with Crippen LogP contribution < -0.4 is 20.3 Å². The lowest BCUT2D eigenvalue weighted by Gasteiger charge is -2.22. The second-order valence-electron chi connectivity index (χ2n) is 7.48. The van der Waals surface area contributed by atoms with E-state index in [0.717, 1.165) is 22.6 Å². The fourth-order valence-corrected chi connectivity index (χ4v) is 3.82. The standard InChI is InChI=1S/C25H25N3O3/c1-31-22-14-12-21(13-15-22)28-17-20(16-23(28)29)26-25(30)27-24(18-8-4-2-5-9-18)19-10-6-3-7-11-19/h2-15,20,24H,16-17H2,1H3,(H2,26,27,30). The third-order valence-electron chi connectivity index (χ3n) is 5.39. The summed E-state index contributed by atoms with van der Waals surface area (Å²) >= 11 is 0. The normalized spacial score (nSPS) is 15.7. The van der Waals surface area contributed by atoms with Gasteiger partial charge in [0, 0.05) is 18.7 Å². The van der Waals surface area contributed by atoms with Gasteiger partial charge in [0.25, 0.3) is 0 Å². The lowest BCUT2D eigenvalue weighted by atomic mass is 9.99. The second-order valence-corrected chi connectivity index (χ2v) is 7.48. The summed E-state index contributed by atoms with van der Waals surface area (Å²) in [5.41, 5.74) is 2.78. The highest BCUT2D eigenvalue weighted by atomic mass is 16.5. The Labute approximate surface area is 181 Å². The van der Waals surface area contributed by atoms with Crippen LogP contribution >= 0.6 is 0 Å². The first-order chi connectivity index (χ1) is 15.1. The van der Waals surface area contributed by atoms with E-state index in [1.54, 1.807) is 12.0 Å². The zero-order chi connectivity index (χ0) is 21.6. The number of carbonyl (C=O) groups excluding carboxylic acids is 2. The van der Waals surface area contributed by atoms with E-state index in [1.807, 2.05) is 84.9 Å². The maximum absolute atomic E-state index is 12.8. The molecule has 1 saturated heterocycles. The van der Waals surface area contributed by atoms with Crippen molar-refractivity contribution in [3.8, 4) is 5.75 Å². The summed E-state index contributed by atoms with van der Waals surface area (Å²) in [4.78, 5) is 27.0. The number of rotatable bonds is 6. The highest BCUT2D eigenvalue weighted by molar-refractivity contribution is 5.96. The zero-order valence-corrected chi connectivity index (χ0v) is 17.3. The van der Waals surface area contributed by atoms with E-state index in [-0.39, 0.29) is 30.4 Å². The average molecular weight is 415 g/mol. The molecule has 2 N–H and O–H groups in total. The Hall–Kier alpha value is -3.80. The topological polar surface area (TPSA) is 70.7 Å². The second kappa shape index (κ2) is 9.34. The molecule has 1 aliphatic heterocycles. The molecule has 0 bridgehead atoms. The van der Waals surface area contributed by atoms with Crippen LogP contribution in [0, 0.1) is 0 Å². The molecule has 31 heavy (non-hydrogen) atoms. The summed E-state index contributed by atoms with van der Waals surface area (Å²) in [6.45, 7) is 0.430. The number of benzene rings is 3. The highest BCUT2D eigenvalue weighted by Crippen LogP contribution is 2.25. The fraction of sp³-hybridized carbons (Fsp3) is 0.200. The highest BCUT2D eigenvalue weighted by Gasteiger charge is 2.32. The minimum atomic E-state index is -0.299. The van der Waals surface area contributed by atoms with Gasteiger partial charge in [-0.2, -0.15) is 0 Å². The number of urea groups is 1. The number of hydrogen-bond donors (Lipinski definition) is 2. The van der Waals surface area contributed by atoms with Crippen molar-refractivity contribution >= 4 is 17.6 Å². The van der Waals surface area contributed by atoms with Crippen LogP contribution in [0.2, 0.25) is 0 Å². The summed E-state index contributed by atoms with van der Waals surface area (Å²) in [5.74, 6) is 0.718. The quantitative estimate of drug-likeness (QED) is 0.642. The first-order valence-corrected chi connectivity index (χ1v) is 10.3. The zero-order valence-electron chi connectivity index (χ0n) is 17.3. The van der Waals surface area contributed by atoms with Crippen LogP contribution in [0.15, 0.2) is 84.9 Å². The molecule has 0 radical (unpaired) electrons. The predicted molar refractivity (Wildman–Crippen MR) is 120 cm³/mol. The van der Waals surface area contributed by atoms with Crippen molar-refractivity contribution in [1.82, 2.24) is 10.6 Å². The van der Waals surface area contributed by atoms with Crippen LogP contribution in [0.5, 0.6) is 5.75 Å². The maximum atomic E-state index is 12.8. The number of ether oxygens (including phenoxy) is 1. The van der Waals surface area contributed by atoms with E-state index in [1.165, 1.54) is 0 Å². The molecule has 158 valence electrons. The molecule has 6 nitrogen and oxygen atoms in total. The molecule has 1 unspecified atom stereocenters. The number of amides is 3. The Morgan fingerprint density at radius 2 is 1.52 bits per heavy atom. The molecule has 3 aromatic rings. The average Bonchev–Trinajstić information content (AvgIpc) is 3.18. The smallest absolute Gasteiger partial charge is 0.315 e. The van der Waals surface area contributed by atoms with E-state index >= 15 is 0 Å². The maximum Gasteiger partial charge on any atom is 0.315 e. The number of anilines is 1. The van der Waals surface area contributed by atoms with Crippen molar-refractivity contribution < 1.29 is 14.3 Å². The van der Waals surface area contributed by atoms with E-state index in [2.05, 4.69) is 10.6 Å². The van der Waals surface area contributed by atoms with Crippen LogP contribution in [0.1, 0.15) is 23.6 Å². The van der Waals surface area contributed by atoms with Crippen molar-refractivity contribution in [3.63, 3.8) is 0 Å². The van der Waals surface area contributed by atoms with Crippen LogP contribution in [-0.2, 0) is 4.79 Å². The first kappa shape index (κ1) is 20.5. The monoisotopic (exact) mass is 415 g/mol. The molecule has 0 saturated carbocycles. The van der Waals surface area contributed by atoms with E-state index in [9.17, 15) is 9.59 Å². The molecule has 0 aliphatic carbocycles. The molecular weight excluding hydrogens is 390 g/mol. The van der Waals surface area contributed by atoms with Gasteiger partial charge in [0.05, 0.1) is 19.2 Å². The number of carbonyl (C=O) groups is 2. The Kier molecular flexibility index (Phi) is 6.17. The molecule has 6 heteroatoms. The Morgan fingerprint density at radius 1 is 0.935 bits per heavy atom. The summed E-state index contributed by atoms with van der Waals surface area (Å²) in [5, 5.41) is 6.03. The fourth-order valence-electron chi connectivity index (χ4n) is 3.82. The number of nitrogens with one attached hydrogen (secondary N) is 2. The summed E-state index contributed by atoms with van der Waals surface area (Å²) in [6.07, 6.45) is 0.265. The molecule has 1 heterocycles. The molecule has 3 aromatic carbocycles. The molecule has 0 spiro atoms. The van der Waals surface area contributed by atoms with Crippen molar-refractivity contribution in [2.45, 2.75) is 18.5 Å². The molecular formula is C25H25N3O3. The van der Waals surface area contributed by atoms with Crippen molar-refractivity contribution in [2.24, 2.45) is 0 Å². The number of nitrogens with zero attached hydrogens (tertiary/aromatic N) is 1. The Bertz CT molecular complexity index is 983. The van der Waals surface area contributed by atoms with Gasteiger partial charge in [-0.05, 0) is 35.4 Å². The summed E-state index contributed by atoms with van der Waals surface area (Å²) in [6, 6.07) is 26.1. The Balaban J connectivity index is 1.43. The lowest BCUT2D eigenvalue weighted by molar-refractivity contribution is -0.117. The minimum absolute atomic E-state index is 0.0156. The van der Waals surface area contributed by atoms with E-state index in [0.29, 0.717) is 6.54 Å². The van der Waals surface area contributed by atoms with Gasteiger partial charge in [-0.15, -0.1) is 0 Å². The third kappa shape index (κ3) is 4.86. The predicted octanol–water partition coefficient (Wildman–Crippen LogP) is 3.89. The van der Waals surface area contributed by atoms with Gasteiger partial charge in [0.15, 0.2) is 0 Å². The van der Waals surface area contributed by atoms with Gasteiger partial charge in [-0.1, -0.05) is 60.7 Å². The van der Waals surface area contributed by atoms with E-state index < -0.39 is 0 Å². The summed E-state index contributed by atoms with van der Waals surface area (Å²) in [7, 11) is 1.60. The van der Waals surface area contributed by atoms with E-state index in [4.69, 9.17) is 4.74 Å². The van der Waals surface area contributed by atoms with Gasteiger partial charge in [0.2, 0.25) is 5.91 Å². The van der Waals surface area contributed by atoms with Gasteiger partial charge >= 0.3 is 6.03 Å². The molecule has 4 rings (SSSR count). The van der Waals surface area contributed by atoms with Crippen LogP contribution in [0.25, 0.3) is 0 Å². The largest absolute Gasteiger partial charge is 0.497 e. The SMILES string of the molecule is COc1ccc(N2CC(NC(=O)NC(c3ccccc3)c3ccccc3)CC2=O)cc1. The molecule has 1 atom stereocenters. The first-order valence-electron chi connectivity index (χ1n) is 10.3. The molecule has 0 aromatic heterocycles. The third-order valence-corrected chi connectivity index (χ3v) is 5.39. The van der Waals surface area contributed by atoms with Gasteiger partial charge in [-0.25, -0.2) is 4.79 Å². The van der Waals surface area contributed by atoms with Gasteiger partial charge in [0.1, 0.15) is 5.75 Å². The number of methoxy groups -OCH3 is 1. The minimum Gasteiger partial charge on any atom is -0.497 e. The molecule has 1 aliphatic rings. The number of hydrogen-bond acceptors (Lipinski definition) is 3. The van der Waals surface area contributed by atoms with Crippen molar-refractivity contribution in [3.05, 3.63) is 96.1 Å². The van der Waals surface area contributed by atoms with Crippen molar-refractivity contribution in [2.75, 3.05) is 18.6 Å². The Morgan fingerprint density at radius 3 is 2.06 bits per heavy atom.